The minimum absolute atomic E-state index is 0.0109. The molecule has 2 aromatic rings. The first-order valence-corrected chi connectivity index (χ1v) is 10.8. The first kappa shape index (κ1) is 23.1. The van der Waals surface area contributed by atoms with Gasteiger partial charge >= 0.3 is 11.5 Å². The second-order valence-corrected chi connectivity index (χ2v) is 8.49. The van der Waals surface area contributed by atoms with Gasteiger partial charge in [-0.05, 0) is 47.7 Å². The molecule has 2 fully saturated rings. The molecule has 1 aromatic carbocycles. The van der Waals surface area contributed by atoms with Crippen LogP contribution >= 0.6 is 11.8 Å². The maximum absolute atomic E-state index is 12.9. The molecule has 0 atom stereocenters. The molecule has 2 saturated heterocycles. The molecule has 3 heterocycles. The lowest BCUT2D eigenvalue weighted by atomic mass is 10.1. The van der Waals surface area contributed by atoms with Crippen molar-refractivity contribution in [2.45, 2.75) is 16.9 Å². The minimum Gasteiger partial charge on any atom is -0.378 e. The number of amides is 4. The molecule has 2 aliphatic rings. The minimum atomic E-state index is -4.43. The standard InChI is InChI=1S/C21H19F3N4O4S/c22-21(23,24)33-16-3-1-15(2-4-16)28-18(29)13-27(20(28)31)12-14-5-6-25-11-17(14)19(30)26-7-9-32-10-8-26/h1-6,11H,7-10,12-13H2. The van der Waals surface area contributed by atoms with Crippen LogP contribution in [0.2, 0.25) is 0 Å². The summed E-state index contributed by atoms with van der Waals surface area (Å²) in [6.07, 6.45) is 2.94. The molecular formula is C21H19F3N4O4S. The van der Waals surface area contributed by atoms with Crippen LogP contribution in [0.1, 0.15) is 15.9 Å². The Balaban J connectivity index is 1.49. The normalized spacial score (nSPS) is 17.1. The predicted octanol–water partition coefficient (Wildman–Crippen LogP) is 3.13. The van der Waals surface area contributed by atoms with Gasteiger partial charge in [-0.3, -0.25) is 14.6 Å². The molecular weight excluding hydrogens is 461 g/mol. The van der Waals surface area contributed by atoms with Crippen LogP contribution in [0.15, 0.2) is 47.6 Å². The zero-order chi connectivity index (χ0) is 23.6. The van der Waals surface area contributed by atoms with Gasteiger partial charge in [0.2, 0.25) is 0 Å². The van der Waals surface area contributed by atoms with Gasteiger partial charge < -0.3 is 14.5 Å². The van der Waals surface area contributed by atoms with Gasteiger partial charge in [0.15, 0.2) is 0 Å². The number of pyridine rings is 1. The van der Waals surface area contributed by atoms with E-state index in [0.29, 0.717) is 37.4 Å². The van der Waals surface area contributed by atoms with Gasteiger partial charge in [0.05, 0.1) is 24.5 Å². The number of nitrogens with zero attached hydrogens (tertiary/aromatic N) is 4. The van der Waals surface area contributed by atoms with Crippen molar-refractivity contribution in [1.29, 1.82) is 0 Å². The Morgan fingerprint density at radius 2 is 1.79 bits per heavy atom. The highest BCUT2D eigenvalue weighted by Crippen LogP contribution is 2.37. The quantitative estimate of drug-likeness (QED) is 0.483. The van der Waals surface area contributed by atoms with Crippen molar-refractivity contribution >= 4 is 35.3 Å². The summed E-state index contributed by atoms with van der Waals surface area (Å²) in [4.78, 5) is 46.2. The molecule has 8 nitrogen and oxygen atoms in total. The number of thioether (sulfide) groups is 1. The zero-order valence-electron chi connectivity index (χ0n) is 17.2. The average molecular weight is 480 g/mol. The largest absolute Gasteiger partial charge is 0.446 e. The second-order valence-electron chi connectivity index (χ2n) is 7.35. The number of morpholine rings is 1. The summed E-state index contributed by atoms with van der Waals surface area (Å²) in [5.41, 5.74) is -3.37. The number of urea groups is 1. The maximum atomic E-state index is 12.9. The molecule has 0 spiro atoms. The Kier molecular flexibility index (Phi) is 6.56. The first-order valence-electron chi connectivity index (χ1n) is 10.0. The van der Waals surface area contributed by atoms with Gasteiger partial charge in [0.1, 0.15) is 6.54 Å². The number of ether oxygens (including phenoxy) is 1. The van der Waals surface area contributed by atoms with Gasteiger partial charge in [-0.1, -0.05) is 0 Å². The second kappa shape index (κ2) is 9.40. The molecule has 174 valence electrons. The van der Waals surface area contributed by atoms with E-state index in [9.17, 15) is 27.6 Å². The van der Waals surface area contributed by atoms with Crippen molar-refractivity contribution in [1.82, 2.24) is 14.8 Å². The van der Waals surface area contributed by atoms with Gasteiger partial charge in [0.25, 0.3) is 11.8 Å². The average Bonchev–Trinajstić information content (AvgIpc) is 3.06. The van der Waals surface area contributed by atoms with E-state index in [4.69, 9.17) is 4.74 Å². The predicted molar refractivity (Wildman–Crippen MR) is 113 cm³/mol. The monoisotopic (exact) mass is 480 g/mol. The van der Waals surface area contributed by atoms with E-state index < -0.39 is 17.4 Å². The molecule has 0 unspecified atom stereocenters. The summed E-state index contributed by atoms with van der Waals surface area (Å²) in [6.45, 7) is 1.57. The highest BCUT2D eigenvalue weighted by molar-refractivity contribution is 8.00. The molecule has 2 aliphatic heterocycles. The zero-order valence-corrected chi connectivity index (χ0v) is 18.1. The first-order chi connectivity index (χ1) is 15.7. The Bertz CT molecular complexity index is 1060. The molecule has 4 rings (SSSR count). The van der Waals surface area contributed by atoms with Crippen molar-refractivity contribution < 1.29 is 32.3 Å². The van der Waals surface area contributed by atoms with E-state index in [-0.39, 0.29) is 41.3 Å². The van der Waals surface area contributed by atoms with E-state index in [2.05, 4.69) is 4.98 Å². The number of rotatable bonds is 5. The van der Waals surface area contributed by atoms with Gasteiger partial charge in [0, 0.05) is 36.9 Å². The van der Waals surface area contributed by atoms with E-state index in [1.807, 2.05) is 0 Å². The Morgan fingerprint density at radius 1 is 1.09 bits per heavy atom. The lowest BCUT2D eigenvalue weighted by Crippen LogP contribution is -2.41. The van der Waals surface area contributed by atoms with Gasteiger partial charge in [-0.2, -0.15) is 13.2 Å². The SMILES string of the molecule is O=C(c1cnccc1CN1CC(=O)N(c2ccc(SC(F)(F)F)cc2)C1=O)N1CCOCC1. The number of hydrogen-bond donors (Lipinski definition) is 0. The number of alkyl halides is 3. The Hall–Kier alpha value is -3.12. The summed E-state index contributed by atoms with van der Waals surface area (Å²) < 4.78 is 42.9. The number of anilines is 1. The molecule has 12 heteroatoms. The van der Waals surface area contributed by atoms with Crippen LogP contribution in [-0.2, 0) is 16.1 Å². The van der Waals surface area contributed by atoms with Crippen molar-refractivity contribution in [3.05, 3.63) is 53.9 Å². The third-order valence-electron chi connectivity index (χ3n) is 5.17. The number of carbonyl (C=O) groups excluding carboxylic acids is 3. The molecule has 0 bridgehead atoms. The summed E-state index contributed by atoms with van der Waals surface area (Å²) in [5.74, 6) is -0.736. The van der Waals surface area contributed by atoms with Crippen molar-refractivity contribution in [2.24, 2.45) is 0 Å². The van der Waals surface area contributed by atoms with Crippen LogP contribution < -0.4 is 4.90 Å². The van der Waals surface area contributed by atoms with Crippen LogP contribution in [0.4, 0.5) is 23.7 Å². The lowest BCUT2D eigenvalue weighted by Gasteiger charge is -2.27. The van der Waals surface area contributed by atoms with E-state index in [0.717, 1.165) is 4.90 Å². The number of benzene rings is 1. The Morgan fingerprint density at radius 3 is 2.45 bits per heavy atom. The fraction of sp³-hybridized carbons (Fsp3) is 0.333. The molecule has 0 saturated carbocycles. The molecule has 4 amide bonds. The number of halogens is 3. The van der Waals surface area contributed by atoms with Gasteiger partial charge in [-0.15, -0.1) is 0 Å². The smallest absolute Gasteiger partial charge is 0.378 e. The van der Waals surface area contributed by atoms with Gasteiger partial charge in [-0.25, -0.2) is 9.69 Å². The lowest BCUT2D eigenvalue weighted by molar-refractivity contribution is -0.116. The summed E-state index contributed by atoms with van der Waals surface area (Å²) >= 11 is -0.277. The van der Waals surface area contributed by atoms with Crippen LogP contribution in [0.3, 0.4) is 0 Å². The van der Waals surface area contributed by atoms with Crippen LogP contribution in [0.25, 0.3) is 0 Å². The molecule has 0 aliphatic carbocycles. The fourth-order valence-electron chi connectivity index (χ4n) is 3.62. The van der Waals surface area contributed by atoms with Crippen LogP contribution in [0.5, 0.6) is 0 Å². The number of aromatic nitrogens is 1. The number of imide groups is 1. The maximum Gasteiger partial charge on any atom is 0.446 e. The topological polar surface area (TPSA) is 83.1 Å². The third kappa shape index (κ3) is 5.28. The highest BCUT2D eigenvalue weighted by Gasteiger charge is 2.38. The fourth-order valence-corrected chi connectivity index (χ4v) is 4.16. The third-order valence-corrected chi connectivity index (χ3v) is 5.91. The summed E-state index contributed by atoms with van der Waals surface area (Å²) in [5, 5.41) is 0. The Labute approximate surface area is 191 Å². The molecule has 33 heavy (non-hydrogen) atoms. The molecule has 1 aromatic heterocycles. The van der Waals surface area contributed by atoms with Crippen molar-refractivity contribution in [3.63, 3.8) is 0 Å². The summed E-state index contributed by atoms with van der Waals surface area (Å²) in [7, 11) is 0. The van der Waals surface area contributed by atoms with Crippen LogP contribution in [-0.4, -0.2) is 71.0 Å². The van der Waals surface area contributed by atoms with Crippen molar-refractivity contribution in [3.8, 4) is 0 Å². The van der Waals surface area contributed by atoms with E-state index in [1.54, 1.807) is 11.0 Å². The van der Waals surface area contributed by atoms with Crippen LogP contribution in [0, 0.1) is 0 Å². The number of hydrogen-bond acceptors (Lipinski definition) is 6. The highest BCUT2D eigenvalue weighted by atomic mass is 32.2. The van der Waals surface area contributed by atoms with Crippen molar-refractivity contribution in [2.75, 3.05) is 37.7 Å². The van der Waals surface area contributed by atoms with E-state index >= 15 is 0 Å². The molecule has 0 radical (unpaired) electrons. The molecule has 0 N–H and O–H groups in total. The number of carbonyl (C=O) groups is 3. The summed E-state index contributed by atoms with van der Waals surface area (Å²) in [6, 6.07) is 6.02. The van der Waals surface area contributed by atoms with E-state index in [1.165, 1.54) is 41.6 Å².